The average Bonchev–Trinajstić information content (AvgIpc) is 2.89. The van der Waals surface area contributed by atoms with Gasteiger partial charge in [0.15, 0.2) is 0 Å². The molecule has 2 nitrogen and oxygen atoms in total. The second-order valence-corrected chi connectivity index (χ2v) is 5.75. The molecule has 2 aromatic carbocycles. The van der Waals surface area contributed by atoms with Gasteiger partial charge in [0, 0.05) is 10.0 Å². The van der Waals surface area contributed by atoms with E-state index in [1.807, 2.05) is 19.2 Å². The summed E-state index contributed by atoms with van der Waals surface area (Å²) in [6.45, 7) is 1.40. The van der Waals surface area contributed by atoms with Crippen molar-refractivity contribution in [3.05, 3.63) is 68.7 Å². The third-order valence-corrected chi connectivity index (χ3v) is 4.20. The van der Waals surface area contributed by atoms with Crippen molar-refractivity contribution in [2.45, 2.75) is 19.3 Å². The van der Waals surface area contributed by atoms with Crippen LogP contribution in [-0.2, 0) is 18.0 Å². The van der Waals surface area contributed by atoms with E-state index in [2.05, 4.69) is 23.5 Å². The Hall–Kier alpha value is -1.06. The Morgan fingerprint density at radius 2 is 1.85 bits per heavy atom. The molecular formula is C16H15Cl2NO. The van der Waals surface area contributed by atoms with Gasteiger partial charge in [0.25, 0.3) is 0 Å². The van der Waals surface area contributed by atoms with E-state index in [0.29, 0.717) is 23.3 Å². The maximum Gasteiger partial charge on any atom is 0.0725 e. The van der Waals surface area contributed by atoms with Gasteiger partial charge in [-0.1, -0.05) is 47.5 Å². The van der Waals surface area contributed by atoms with Crippen LogP contribution in [0.1, 0.15) is 28.3 Å². The third kappa shape index (κ3) is 2.57. The lowest BCUT2D eigenvalue weighted by Crippen LogP contribution is -2.18. The van der Waals surface area contributed by atoms with Crippen LogP contribution >= 0.6 is 23.2 Å². The number of benzene rings is 2. The highest BCUT2D eigenvalue weighted by Crippen LogP contribution is 2.32. The van der Waals surface area contributed by atoms with Gasteiger partial charge in [-0.05, 0) is 41.4 Å². The van der Waals surface area contributed by atoms with Gasteiger partial charge in [0.2, 0.25) is 0 Å². The molecule has 0 radical (unpaired) electrons. The van der Waals surface area contributed by atoms with E-state index in [9.17, 15) is 0 Å². The minimum Gasteiger partial charge on any atom is -0.372 e. The maximum absolute atomic E-state index is 6.32. The number of hydrogen-bond acceptors (Lipinski definition) is 2. The topological polar surface area (TPSA) is 21.3 Å². The molecule has 3 rings (SSSR count). The Kier molecular flexibility index (Phi) is 3.99. The summed E-state index contributed by atoms with van der Waals surface area (Å²) in [5, 5.41) is 4.64. The van der Waals surface area contributed by atoms with Crippen LogP contribution in [0.5, 0.6) is 0 Å². The Balaban J connectivity index is 2.01. The molecule has 0 aliphatic carbocycles. The molecule has 1 heterocycles. The summed E-state index contributed by atoms with van der Waals surface area (Å²) >= 11 is 12.3. The molecule has 0 aromatic heterocycles. The molecular weight excluding hydrogens is 293 g/mol. The number of fused-ring (bicyclic) bond motifs is 1. The molecule has 1 N–H and O–H groups in total. The van der Waals surface area contributed by atoms with Gasteiger partial charge >= 0.3 is 0 Å². The van der Waals surface area contributed by atoms with Crippen molar-refractivity contribution in [3.63, 3.8) is 0 Å². The van der Waals surface area contributed by atoms with Gasteiger partial charge < -0.3 is 10.1 Å². The van der Waals surface area contributed by atoms with Crippen LogP contribution in [-0.4, -0.2) is 7.05 Å². The standard InChI is InChI=1S/C16H15Cl2NO/c1-19-16(14-5-4-13(17)7-15(14)18)10-2-3-11-8-20-9-12(11)6-10/h2-7,16,19H,8-9H2,1H3. The van der Waals surface area contributed by atoms with Crippen molar-refractivity contribution in [3.8, 4) is 0 Å². The number of rotatable bonds is 3. The lowest BCUT2D eigenvalue weighted by Gasteiger charge is -2.19. The van der Waals surface area contributed by atoms with Gasteiger partial charge in [-0.3, -0.25) is 0 Å². The van der Waals surface area contributed by atoms with E-state index in [0.717, 1.165) is 5.56 Å². The van der Waals surface area contributed by atoms with Crippen LogP contribution in [0.15, 0.2) is 36.4 Å². The zero-order valence-electron chi connectivity index (χ0n) is 11.1. The molecule has 1 aliphatic rings. The van der Waals surface area contributed by atoms with Gasteiger partial charge in [0.05, 0.1) is 19.3 Å². The van der Waals surface area contributed by atoms with Crippen LogP contribution < -0.4 is 5.32 Å². The van der Waals surface area contributed by atoms with Crippen molar-refractivity contribution in [2.75, 3.05) is 7.05 Å². The summed E-state index contributed by atoms with van der Waals surface area (Å²) in [4.78, 5) is 0. The van der Waals surface area contributed by atoms with Gasteiger partial charge in [-0.15, -0.1) is 0 Å². The second-order valence-electron chi connectivity index (χ2n) is 4.91. The average molecular weight is 308 g/mol. The molecule has 0 bridgehead atoms. The Labute approximate surface area is 128 Å². The predicted octanol–water partition coefficient (Wildman–Crippen LogP) is 4.33. The summed E-state index contributed by atoms with van der Waals surface area (Å²) in [6.07, 6.45) is 0. The Morgan fingerprint density at radius 3 is 2.60 bits per heavy atom. The molecule has 1 aliphatic heterocycles. The summed E-state index contributed by atoms with van der Waals surface area (Å²) < 4.78 is 5.46. The molecule has 0 saturated carbocycles. The largest absolute Gasteiger partial charge is 0.372 e. The molecule has 1 atom stereocenters. The van der Waals surface area contributed by atoms with E-state index in [1.54, 1.807) is 6.07 Å². The number of hydrogen-bond donors (Lipinski definition) is 1. The first-order chi connectivity index (χ1) is 9.69. The van der Waals surface area contributed by atoms with Gasteiger partial charge in [-0.2, -0.15) is 0 Å². The van der Waals surface area contributed by atoms with Crippen molar-refractivity contribution in [1.29, 1.82) is 0 Å². The van der Waals surface area contributed by atoms with Crippen LogP contribution in [0.3, 0.4) is 0 Å². The summed E-state index contributed by atoms with van der Waals surface area (Å²) in [5.74, 6) is 0. The SMILES string of the molecule is CNC(c1ccc2c(c1)COC2)c1ccc(Cl)cc1Cl. The molecule has 0 amide bonds. The van der Waals surface area contributed by atoms with E-state index >= 15 is 0 Å². The fourth-order valence-corrected chi connectivity index (χ4v) is 3.13. The third-order valence-electron chi connectivity index (χ3n) is 3.64. The predicted molar refractivity (Wildman–Crippen MR) is 82.3 cm³/mol. The normalized spacial score (nSPS) is 15.2. The molecule has 0 fully saturated rings. The molecule has 0 spiro atoms. The summed E-state index contributed by atoms with van der Waals surface area (Å²) in [5.41, 5.74) is 4.73. The van der Waals surface area contributed by atoms with Crippen molar-refractivity contribution in [1.82, 2.24) is 5.32 Å². The van der Waals surface area contributed by atoms with Gasteiger partial charge in [-0.25, -0.2) is 0 Å². The van der Waals surface area contributed by atoms with E-state index in [1.165, 1.54) is 16.7 Å². The van der Waals surface area contributed by atoms with E-state index < -0.39 is 0 Å². The highest BCUT2D eigenvalue weighted by Gasteiger charge is 2.18. The number of halogens is 2. The lowest BCUT2D eigenvalue weighted by atomic mass is 9.96. The molecule has 1 unspecified atom stereocenters. The first kappa shape index (κ1) is 13.9. The zero-order chi connectivity index (χ0) is 14.1. The van der Waals surface area contributed by atoms with Crippen molar-refractivity contribution < 1.29 is 4.74 Å². The lowest BCUT2D eigenvalue weighted by molar-refractivity contribution is 0.134. The molecule has 0 saturated heterocycles. The molecule has 20 heavy (non-hydrogen) atoms. The fraction of sp³-hybridized carbons (Fsp3) is 0.250. The first-order valence-corrected chi connectivity index (χ1v) is 7.26. The van der Waals surface area contributed by atoms with Crippen LogP contribution in [0.25, 0.3) is 0 Å². The van der Waals surface area contributed by atoms with Crippen LogP contribution in [0.4, 0.5) is 0 Å². The maximum atomic E-state index is 6.32. The minimum atomic E-state index is 0.0469. The van der Waals surface area contributed by atoms with E-state index in [4.69, 9.17) is 27.9 Å². The molecule has 2 aromatic rings. The minimum absolute atomic E-state index is 0.0469. The van der Waals surface area contributed by atoms with Gasteiger partial charge in [0.1, 0.15) is 0 Å². The number of ether oxygens (including phenoxy) is 1. The fourth-order valence-electron chi connectivity index (χ4n) is 2.61. The Bertz CT molecular complexity index is 642. The number of nitrogens with one attached hydrogen (secondary N) is 1. The summed E-state index contributed by atoms with van der Waals surface area (Å²) in [6, 6.07) is 12.1. The highest BCUT2D eigenvalue weighted by atomic mass is 35.5. The summed E-state index contributed by atoms with van der Waals surface area (Å²) in [7, 11) is 1.93. The van der Waals surface area contributed by atoms with Crippen LogP contribution in [0.2, 0.25) is 10.0 Å². The van der Waals surface area contributed by atoms with E-state index in [-0.39, 0.29) is 6.04 Å². The zero-order valence-corrected chi connectivity index (χ0v) is 12.6. The highest BCUT2D eigenvalue weighted by molar-refractivity contribution is 6.35. The smallest absolute Gasteiger partial charge is 0.0725 e. The Morgan fingerprint density at radius 1 is 1.05 bits per heavy atom. The molecule has 104 valence electrons. The molecule has 4 heteroatoms. The quantitative estimate of drug-likeness (QED) is 0.911. The second kappa shape index (κ2) is 5.74. The monoisotopic (exact) mass is 307 g/mol. The van der Waals surface area contributed by atoms with Crippen LogP contribution in [0, 0.1) is 0 Å². The van der Waals surface area contributed by atoms with Crippen molar-refractivity contribution >= 4 is 23.2 Å². The van der Waals surface area contributed by atoms with Crippen molar-refractivity contribution in [2.24, 2.45) is 0 Å². The first-order valence-electron chi connectivity index (χ1n) is 6.50.